The van der Waals surface area contributed by atoms with E-state index in [0.717, 1.165) is 6.07 Å². The first-order valence-corrected chi connectivity index (χ1v) is 14.1. The number of nitrogens with one attached hydrogen (secondary N) is 1. The summed E-state index contributed by atoms with van der Waals surface area (Å²) in [5, 5.41) is 14.3. The molecule has 0 spiro atoms. The predicted octanol–water partition coefficient (Wildman–Crippen LogP) is 3.16. The van der Waals surface area contributed by atoms with Gasteiger partial charge in [0.05, 0.1) is 22.5 Å². The van der Waals surface area contributed by atoms with Crippen LogP contribution in [0.15, 0.2) is 48.2 Å². The molecule has 1 fully saturated rings. The predicted molar refractivity (Wildman–Crippen MR) is 157 cm³/mol. The molecule has 0 radical (unpaired) electrons. The van der Waals surface area contributed by atoms with Crippen LogP contribution in [0, 0.1) is 11.6 Å². The molecular formula is C30H30F2N8O4. The first-order valence-electron chi connectivity index (χ1n) is 14.1. The number of ether oxygens (including phenoxy) is 1. The lowest BCUT2D eigenvalue weighted by Crippen LogP contribution is -2.56. The molecule has 2 atom stereocenters. The zero-order valence-electron chi connectivity index (χ0n) is 24.3. The van der Waals surface area contributed by atoms with Crippen molar-refractivity contribution < 1.29 is 28.2 Å². The number of nitrogens with zero attached hydrogens (tertiary/aromatic N) is 7. The Hall–Kier alpha value is -4.98. The molecule has 12 nitrogen and oxygen atoms in total. The summed E-state index contributed by atoms with van der Waals surface area (Å²) < 4.78 is 37.4. The van der Waals surface area contributed by atoms with Crippen molar-refractivity contribution in [2.45, 2.75) is 39.1 Å². The fourth-order valence-corrected chi connectivity index (χ4v) is 5.72. The van der Waals surface area contributed by atoms with E-state index in [0.29, 0.717) is 25.3 Å². The normalized spacial score (nSPS) is 19.6. The van der Waals surface area contributed by atoms with E-state index in [1.807, 2.05) is 25.7 Å². The molecule has 44 heavy (non-hydrogen) atoms. The lowest BCUT2D eigenvalue weighted by molar-refractivity contribution is -0.128. The van der Waals surface area contributed by atoms with Gasteiger partial charge in [-0.15, -0.1) is 0 Å². The van der Waals surface area contributed by atoms with Gasteiger partial charge in [0.1, 0.15) is 35.2 Å². The van der Waals surface area contributed by atoms with E-state index in [9.17, 15) is 14.7 Å². The van der Waals surface area contributed by atoms with Gasteiger partial charge in [-0.3, -0.25) is 14.5 Å². The number of hydrogen-bond acceptors (Lipinski definition) is 10. The highest BCUT2D eigenvalue weighted by atomic mass is 19.1. The number of benzene rings is 1. The molecule has 228 valence electrons. The summed E-state index contributed by atoms with van der Waals surface area (Å²) >= 11 is 0. The summed E-state index contributed by atoms with van der Waals surface area (Å²) in [6.07, 6.45) is 0.913. The number of piperazine rings is 1. The number of amides is 2. The molecule has 3 aliphatic rings. The number of aliphatic hydroxyl groups excluding tert-OH is 1. The Balaban J connectivity index is 1.60. The lowest BCUT2D eigenvalue weighted by Gasteiger charge is -2.44. The summed E-state index contributed by atoms with van der Waals surface area (Å²) in [4.78, 5) is 47.9. The SMILES string of the molecule is C=CC(=O)N1CCN(C2=NC(O)N3c4nc(c(F)cc42)-c2c(F)cccc2NC(=O)COc2ncnc(C(C)C)c23)[C@H](C)C1. The highest BCUT2D eigenvalue weighted by Gasteiger charge is 2.40. The number of carbonyl (C=O) groups excluding carboxylic acids is 2. The van der Waals surface area contributed by atoms with Crippen LogP contribution in [-0.4, -0.2) is 86.1 Å². The van der Waals surface area contributed by atoms with E-state index in [4.69, 9.17) is 4.74 Å². The number of fused-ring (bicyclic) bond motifs is 5. The van der Waals surface area contributed by atoms with Crippen LogP contribution in [0.3, 0.4) is 0 Å². The van der Waals surface area contributed by atoms with Gasteiger partial charge in [0.2, 0.25) is 18.1 Å². The number of aliphatic hydroxyl groups is 1. The van der Waals surface area contributed by atoms with Crippen LogP contribution in [0.4, 0.5) is 26.0 Å². The van der Waals surface area contributed by atoms with Crippen LogP contribution in [-0.2, 0) is 9.59 Å². The maximum absolute atomic E-state index is 16.1. The number of carbonyl (C=O) groups is 2. The highest BCUT2D eigenvalue weighted by Crippen LogP contribution is 2.44. The quantitative estimate of drug-likeness (QED) is 0.423. The van der Waals surface area contributed by atoms with Gasteiger partial charge in [-0.25, -0.2) is 23.7 Å². The molecule has 0 saturated carbocycles. The minimum Gasteiger partial charge on any atom is -0.466 e. The van der Waals surface area contributed by atoms with Crippen molar-refractivity contribution >= 4 is 34.8 Å². The van der Waals surface area contributed by atoms with E-state index < -0.39 is 30.5 Å². The van der Waals surface area contributed by atoms with Crippen LogP contribution < -0.4 is 15.0 Å². The molecule has 1 aromatic carbocycles. The Morgan fingerprint density at radius 1 is 1.23 bits per heavy atom. The number of aliphatic imine (C=N–C) groups is 1. The van der Waals surface area contributed by atoms with Crippen molar-refractivity contribution in [1.29, 1.82) is 0 Å². The molecule has 14 heteroatoms. The van der Waals surface area contributed by atoms with Gasteiger partial charge >= 0.3 is 0 Å². The summed E-state index contributed by atoms with van der Waals surface area (Å²) in [6.45, 7) is 9.70. The summed E-state index contributed by atoms with van der Waals surface area (Å²) in [5.41, 5.74) is 0.191. The van der Waals surface area contributed by atoms with Gasteiger partial charge in [-0.05, 0) is 37.1 Å². The van der Waals surface area contributed by atoms with Crippen LogP contribution in [0.25, 0.3) is 11.3 Å². The Morgan fingerprint density at radius 2 is 2.02 bits per heavy atom. The lowest BCUT2D eigenvalue weighted by atomic mass is 10.0. The highest BCUT2D eigenvalue weighted by molar-refractivity contribution is 6.06. The Kier molecular flexibility index (Phi) is 7.45. The first-order chi connectivity index (χ1) is 21.1. The molecule has 0 aliphatic carbocycles. The van der Waals surface area contributed by atoms with Crippen molar-refractivity contribution in [3.63, 3.8) is 0 Å². The molecule has 3 aromatic rings. The molecule has 2 amide bonds. The van der Waals surface area contributed by atoms with Crippen LogP contribution in [0.1, 0.15) is 37.9 Å². The monoisotopic (exact) mass is 604 g/mol. The number of hydrogen-bond donors (Lipinski definition) is 2. The molecule has 6 rings (SSSR count). The molecule has 1 saturated heterocycles. The zero-order chi connectivity index (χ0) is 31.3. The molecule has 2 N–H and O–H groups in total. The van der Waals surface area contributed by atoms with Crippen LogP contribution >= 0.6 is 0 Å². The number of rotatable bonds is 2. The fraction of sp³-hybridized carbons (Fsp3) is 0.333. The van der Waals surface area contributed by atoms with Crippen molar-refractivity contribution in [1.82, 2.24) is 24.8 Å². The van der Waals surface area contributed by atoms with Crippen molar-refractivity contribution in [3.8, 4) is 17.1 Å². The molecule has 2 aromatic heterocycles. The fourth-order valence-electron chi connectivity index (χ4n) is 5.72. The minimum absolute atomic E-state index is 0.00951. The third kappa shape index (κ3) is 4.90. The van der Waals surface area contributed by atoms with Gasteiger partial charge in [-0.1, -0.05) is 26.5 Å². The summed E-state index contributed by atoms with van der Waals surface area (Å²) in [7, 11) is 0. The second-order valence-electron chi connectivity index (χ2n) is 11.0. The number of anilines is 3. The van der Waals surface area contributed by atoms with Gasteiger partial charge in [-0.2, -0.15) is 4.98 Å². The topological polar surface area (TPSA) is 136 Å². The number of pyridine rings is 1. The maximum Gasteiger partial charge on any atom is 0.262 e. The smallest absolute Gasteiger partial charge is 0.262 e. The van der Waals surface area contributed by atoms with Crippen molar-refractivity contribution in [3.05, 3.63) is 66.1 Å². The number of aromatic nitrogens is 3. The van der Waals surface area contributed by atoms with E-state index in [2.05, 4.69) is 31.8 Å². The zero-order valence-corrected chi connectivity index (χ0v) is 24.3. The minimum atomic E-state index is -1.62. The second-order valence-corrected chi connectivity index (χ2v) is 11.0. The van der Waals surface area contributed by atoms with Crippen molar-refractivity contribution in [2.75, 3.05) is 36.5 Å². The molecule has 1 unspecified atom stereocenters. The largest absolute Gasteiger partial charge is 0.466 e. The second kappa shape index (κ2) is 11.3. The third-order valence-corrected chi connectivity index (χ3v) is 7.75. The van der Waals surface area contributed by atoms with Gasteiger partial charge in [0, 0.05) is 25.7 Å². The van der Waals surface area contributed by atoms with E-state index in [1.165, 1.54) is 35.5 Å². The van der Waals surface area contributed by atoms with Crippen LogP contribution in [0.2, 0.25) is 0 Å². The molecular weight excluding hydrogens is 574 g/mol. The van der Waals surface area contributed by atoms with E-state index in [1.54, 1.807) is 4.90 Å². The molecule has 2 bridgehead atoms. The van der Waals surface area contributed by atoms with Gasteiger partial charge in [0.15, 0.2) is 12.4 Å². The average Bonchev–Trinajstić information content (AvgIpc) is 2.99. The van der Waals surface area contributed by atoms with E-state index >= 15 is 8.78 Å². The first kappa shape index (κ1) is 29.1. The van der Waals surface area contributed by atoms with Crippen LogP contribution in [0.5, 0.6) is 5.88 Å². The molecule has 3 aliphatic heterocycles. The number of halogens is 2. The van der Waals surface area contributed by atoms with E-state index in [-0.39, 0.29) is 63.6 Å². The summed E-state index contributed by atoms with van der Waals surface area (Å²) in [6, 6.07) is 4.87. The van der Waals surface area contributed by atoms with Gasteiger partial charge < -0.3 is 25.0 Å². The van der Waals surface area contributed by atoms with Gasteiger partial charge in [0.25, 0.3) is 5.91 Å². The average molecular weight is 605 g/mol. The summed E-state index contributed by atoms with van der Waals surface area (Å²) in [5.74, 6) is -2.48. The standard InChI is InChI=1S/C30H30F2N8O4/c1-5-22(42)38-9-10-39(16(4)12-38)27-17-11-19(32)25-23-18(31)7-6-8-20(23)35-21(41)13-44-29-26(24(15(2)3)33-14-34-29)40(28(17)36-25)30(43)37-27/h5-8,11,14-16,30,43H,1,9-10,12-13H2,2-4H3,(H,35,41)/t16-,30?/m1/s1. The third-order valence-electron chi connectivity index (χ3n) is 7.75. The Bertz CT molecular complexity index is 1710. The number of amidine groups is 1. The van der Waals surface area contributed by atoms with Crippen molar-refractivity contribution in [2.24, 2.45) is 4.99 Å². The maximum atomic E-state index is 16.1. The Labute approximate surface area is 251 Å². The Morgan fingerprint density at radius 3 is 2.75 bits per heavy atom. The molecule has 5 heterocycles.